The molecular weight excluding hydrogens is 486 g/mol. The number of benzene rings is 1. The van der Waals surface area contributed by atoms with Gasteiger partial charge < -0.3 is 9.67 Å². The fraction of sp³-hybridized carbons (Fsp3) is 0.292. The average molecular weight is 510 g/mol. The Morgan fingerprint density at radius 3 is 2.61 bits per heavy atom. The first kappa shape index (κ1) is 23.6. The van der Waals surface area contributed by atoms with Crippen molar-refractivity contribution in [1.29, 1.82) is 0 Å². The third-order valence-corrected chi connectivity index (χ3v) is 6.41. The van der Waals surface area contributed by atoms with Crippen LogP contribution in [0.15, 0.2) is 40.1 Å². The van der Waals surface area contributed by atoms with Crippen molar-refractivity contribution in [3.63, 3.8) is 0 Å². The molecule has 0 fully saturated rings. The molecule has 5 aromatic rings. The normalized spacial score (nSPS) is 11.8. The van der Waals surface area contributed by atoms with Crippen molar-refractivity contribution < 1.29 is 9.90 Å². The summed E-state index contributed by atoms with van der Waals surface area (Å²) < 4.78 is 5.80. The lowest BCUT2D eigenvalue weighted by atomic mass is 10.1. The second-order valence-electron chi connectivity index (χ2n) is 9.25. The van der Waals surface area contributed by atoms with Crippen LogP contribution >= 0.6 is 11.6 Å². The van der Waals surface area contributed by atoms with E-state index in [9.17, 15) is 19.5 Å². The molecule has 0 bridgehead atoms. The van der Waals surface area contributed by atoms with Gasteiger partial charge in [-0.25, -0.2) is 9.59 Å². The van der Waals surface area contributed by atoms with E-state index in [1.807, 2.05) is 13.8 Å². The number of hydrogen-bond acceptors (Lipinski definition) is 5. The van der Waals surface area contributed by atoms with Crippen LogP contribution in [0, 0.1) is 5.92 Å². The van der Waals surface area contributed by atoms with Gasteiger partial charge in [-0.3, -0.25) is 23.7 Å². The van der Waals surface area contributed by atoms with Crippen LogP contribution in [0.4, 0.5) is 0 Å². The van der Waals surface area contributed by atoms with Crippen molar-refractivity contribution in [3.8, 4) is 11.4 Å². The van der Waals surface area contributed by atoms with Crippen LogP contribution in [0.2, 0.25) is 5.02 Å². The fourth-order valence-corrected chi connectivity index (χ4v) is 4.66. The zero-order valence-electron chi connectivity index (χ0n) is 20.1. The quantitative estimate of drug-likeness (QED) is 0.361. The first-order valence-electron chi connectivity index (χ1n) is 11.3. The van der Waals surface area contributed by atoms with E-state index in [1.54, 1.807) is 34.5 Å². The van der Waals surface area contributed by atoms with Crippen LogP contribution in [0.3, 0.4) is 0 Å². The van der Waals surface area contributed by atoms with Crippen LogP contribution in [-0.4, -0.2) is 44.8 Å². The van der Waals surface area contributed by atoms with Gasteiger partial charge in [0.1, 0.15) is 11.1 Å². The minimum Gasteiger partial charge on any atom is -0.478 e. The number of aryl methyl sites for hydroxylation is 1. The van der Waals surface area contributed by atoms with E-state index in [0.29, 0.717) is 34.2 Å². The van der Waals surface area contributed by atoms with Crippen molar-refractivity contribution in [2.24, 2.45) is 20.0 Å². The highest BCUT2D eigenvalue weighted by atomic mass is 35.5. The van der Waals surface area contributed by atoms with E-state index in [2.05, 4.69) is 10.2 Å². The predicted molar refractivity (Wildman–Crippen MR) is 136 cm³/mol. The van der Waals surface area contributed by atoms with Gasteiger partial charge in [-0.05, 0) is 30.2 Å². The van der Waals surface area contributed by atoms with Gasteiger partial charge in [0.25, 0.3) is 5.56 Å². The molecule has 0 unspecified atom stereocenters. The summed E-state index contributed by atoms with van der Waals surface area (Å²) in [6, 6.07) is 6.82. The van der Waals surface area contributed by atoms with E-state index >= 15 is 0 Å². The van der Waals surface area contributed by atoms with E-state index < -0.39 is 17.2 Å². The van der Waals surface area contributed by atoms with Gasteiger partial charge in [0.2, 0.25) is 0 Å². The molecule has 1 aromatic carbocycles. The zero-order valence-corrected chi connectivity index (χ0v) is 20.9. The number of carboxylic acids is 1. The molecule has 4 aromatic heterocycles. The highest BCUT2D eigenvalue weighted by molar-refractivity contribution is 6.31. The van der Waals surface area contributed by atoms with Gasteiger partial charge in [0.15, 0.2) is 5.65 Å². The molecule has 0 aliphatic rings. The lowest BCUT2D eigenvalue weighted by molar-refractivity contribution is 0.0697. The van der Waals surface area contributed by atoms with Crippen LogP contribution < -0.4 is 11.2 Å². The molecule has 4 heterocycles. The molecular formula is C24H24ClN7O4. The molecule has 0 atom stereocenters. The van der Waals surface area contributed by atoms with E-state index in [0.717, 1.165) is 9.95 Å². The fourth-order valence-electron chi connectivity index (χ4n) is 4.49. The largest absolute Gasteiger partial charge is 0.478 e. The summed E-state index contributed by atoms with van der Waals surface area (Å²) in [7, 11) is 3.13. The summed E-state index contributed by atoms with van der Waals surface area (Å²) in [5, 5.41) is 23.2. The van der Waals surface area contributed by atoms with Crippen LogP contribution in [0.5, 0.6) is 0 Å². The number of aromatic carboxylic acids is 1. The number of halogens is 1. The van der Waals surface area contributed by atoms with Gasteiger partial charge in [-0.15, -0.1) is 0 Å². The smallest absolute Gasteiger partial charge is 0.337 e. The number of carboxylic acid groups (broad SMARTS) is 1. The standard InChI is InChI=1S/C24H24ClN7O4/c1-12(2)9-31-21-19(22(33)30(4)24(31)36)20(18-7-13(23(34)35)10-29(18)3)32(28-21)11-17-15-8-14(25)5-6-16(15)26-27-17/h5-8,10,12H,9,11H2,1-4H3,(H,26,27)(H,34,35). The molecule has 186 valence electrons. The van der Waals surface area contributed by atoms with Crippen LogP contribution in [0.1, 0.15) is 29.9 Å². The maximum atomic E-state index is 13.4. The van der Waals surface area contributed by atoms with Gasteiger partial charge >= 0.3 is 11.7 Å². The maximum Gasteiger partial charge on any atom is 0.337 e. The molecule has 0 aliphatic heterocycles. The van der Waals surface area contributed by atoms with Crippen LogP contribution in [-0.2, 0) is 27.2 Å². The molecule has 12 heteroatoms. The lowest BCUT2D eigenvalue weighted by Crippen LogP contribution is -2.38. The van der Waals surface area contributed by atoms with Crippen molar-refractivity contribution >= 4 is 39.5 Å². The number of hydrogen-bond donors (Lipinski definition) is 2. The molecule has 0 spiro atoms. The SMILES string of the molecule is CC(C)Cn1c(=O)n(C)c(=O)c2c(-c3cc(C(=O)O)cn3C)n(Cc3[nH]nc4ccc(Cl)cc34)nc21. The number of H-pyrrole nitrogens is 1. The number of aromatic nitrogens is 7. The van der Waals surface area contributed by atoms with Gasteiger partial charge in [0, 0.05) is 37.2 Å². The highest BCUT2D eigenvalue weighted by Gasteiger charge is 2.26. The van der Waals surface area contributed by atoms with Gasteiger partial charge in [-0.2, -0.15) is 10.2 Å². The minimum absolute atomic E-state index is 0.0690. The summed E-state index contributed by atoms with van der Waals surface area (Å²) in [6.07, 6.45) is 1.47. The molecule has 0 aliphatic carbocycles. The number of aromatic amines is 1. The molecule has 0 saturated carbocycles. The Balaban J connectivity index is 1.85. The molecule has 0 radical (unpaired) electrons. The Hall–Kier alpha value is -4.12. The maximum absolute atomic E-state index is 13.4. The molecule has 0 amide bonds. The van der Waals surface area contributed by atoms with Crippen molar-refractivity contribution in [3.05, 3.63) is 67.6 Å². The zero-order chi connectivity index (χ0) is 25.9. The second-order valence-corrected chi connectivity index (χ2v) is 9.69. The van der Waals surface area contributed by atoms with Gasteiger partial charge in [-0.1, -0.05) is 25.4 Å². The summed E-state index contributed by atoms with van der Waals surface area (Å²) in [5.74, 6) is -0.976. The number of rotatable bonds is 6. The summed E-state index contributed by atoms with van der Waals surface area (Å²) in [6.45, 7) is 4.47. The Morgan fingerprint density at radius 1 is 1.19 bits per heavy atom. The average Bonchev–Trinajstić information content (AvgIpc) is 3.50. The van der Waals surface area contributed by atoms with E-state index in [4.69, 9.17) is 16.7 Å². The minimum atomic E-state index is -1.09. The van der Waals surface area contributed by atoms with Gasteiger partial charge in [0.05, 0.1) is 29.0 Å². The molecule has 11 nitrogen and oxygen atoms in total. The predicted octanol–water partition coefficient (Wildman–Crippen LogP) is 2.83. The third kappa shape index (κ3) is 3.72. The lowest BCUT2D eigenvalue weighted by Gasteiger charge is -2.11. The summed E-state index contributed by atoms with van der Waals surface area (Å²) in [5.41, 5.74) is 1.63. The molecule has 2 N–H and O–H groups in total. The Kier molecular flexibility index (Phi) is 5.59. The van der Waals surface area contributed by atoms with E-state index in [1.165, 1.54) is 23.9 Å². The number of carbonyl (C=O) groups is 1. The van der Waals surface area contributed by atoms with Crippen molar-refractivity contribution in [2.45, 2.75) is 26.9 Å². The highest BCUT2D eigenvalue weighted by Crippen LogP contribution is 2.30. The Labute approximate surface area is 209 Å². The number of nitrogens with one attached hydrogen (secondary N) is 1. The first-order chi connectivity index (χ1) is 17.1. The Bertz CT molecular complexity index is 1780. The third-order valence-electron chi connectivity index (χ3n) is 6.17. The summed E-state index contributed by atoms with van der Waals surface area (Å²) in [4.78, 5) is 38.2. The summed E-state index contributed by atoms with van der Waals surface area (Å²) >= 11 is 6.21. The molecule has 0 saturated heterocycles. The Morgan fingerprint density at radius 2 is 1.94 bits per heavy atom. The van der Waals surface area contributed by atoms with E-state index in [-0.39, 0.29) is 29.1 Å². The topological polar surface area (TPSA) is 133 Å². The van der Waals surface area contributed by atoms with Crippen LogP contribution in [0.25, 0.3) is 33.3 Å². The first-order valence-corrected chi connectivity index (χ1v) is 11.7. The monoisotopic (exact) mass is 509 g/mol. The molecule has 36 heavy (non-hydrogen) atoms. The van der Waals surface area contributed by atoms with Crippen molar-refractivity contribution in [1.82, 2.24) is 33.7 Å². The second kappa shape index (κ2) is 8.52. The number of fused-ring (bicyclic) bond motifs is 2. The molecule has 5 rings (SSSR count). The number of nitrogens with zero attached hydrogens (tertiary/aromatic N) is 6. The van der Waals surface area contributed by atoms with Crippen molar-refractivity contribution in [2.75, 3.05) is 0 Å².